The van der Waals surface area contributed by atoms with E-state index in [0.717, 1.165) is 25.9 Å². The molecule has 2 unspecified atom stereocenters. The minimum absolute atomic E-state index is 0.0324. The average Bonchev–Trinajstić information content (AvgIpc) is 2.75. The zero-order chi connectivity index (χ0) is 21.0. The van der Waals surface area contributed by atoms with Gasteiger partial charge in [-0.3, -0.25) is 9.62 Å². The molecule has 2 bridgehead atoms. The van der Waals surface area contributed by atoms with Gasteiger partial charge in [0.1, 0.15) is 0 Å². The molecule has 0 amide bonds. The molecule has 4 rings (SSSR count). The van der Waals surface area contributed by atoms with Crippen LogP contribution < -0.4 is 4.72 Å². The monoisotopic (exact) mass is 428 g/mol. The fraction of sp³-hybridized carbons (Fsp3) is 0.500. The Kier molecular flexibility index (Phi) is 6.46. The normalized spacial score (nSPS) is 24.5. The molecule has 1 aliphatic carbocycles. The van der Waals surface area contributed by atoms with Gasteiger partial charge in [-0.25, -0.2) is 8.42 Å². The quantitative estimate of drug-likeness (QED) is 0.686. The van der Waals surface area contributed by atoms with Crippen LogP contribution in [0.25, 0.3) is 0 Å². The summed E-state index contributed by atoms with van der Waals surface area (Å²) >= 11 is 0. The van der Waals surface area contributed by atoms with Gasteiger partial charge in [0.05, 0.1) is 12.4 Å². The lowest BCUT2D eigenvalue weighted by atomic mass is 9.63. The summed E-state index contributed by atoms with van der Waals surface area (Å²) in [7, 11) is -1.88. The summed E-state index contributed by atoms with van der Waals surface area (Å²) < 4.78 is 32.2. The molecule has 2 atom stereocenters. The van der Waals surface area contributed by atoms with E-state index < -0.39 is 10.0 Å². The lowest BCUT2D eigenvalue weighted by Gasteiger charge is -2.51. The van der Waals surface area contributed by atoms with Crippen molar-refractivity contribution >= 4 is 15.7 Å². The van der Waals surface area contributed by atoms with Crippen LogP contribution in [0, 0.1) is 0 Å². The van der Waals surface area contributed by atoms with E-state index in [1.165, 1.54) is 37.5 Å². The predicted octanol–water partition coefficient (Wildman–Crippen LogP) is 4.16. The maximum Gasteiger partial charge on any atom is 0.234 e. The fourth-order valence-electron chi connectivity index (χ4n) is 5.18. The number of hydrogen-bond donors (Lipinski definition) is 1. The number of rotatable bonds is 8. The van der Waals surface area contributed by atoms with E-state index in [0.29, 0.717) is 11.7 Å². The van der Waals surface area contributed by atoms with Crippen LogP contribution in [0.1, 0.15) is 43.2 Å². The van der Waals surface area contributed by atoms with Crippen molar-refractivity contribution in [3.8, 4) is 0 Å². The molecule has 30 heavy (non-hydrogen) atoms. The number of nitrogens with one attached hydrogen (secondary N) is 1. The zero-order valence-electron chi connectivity index (χ0n) is 17.7. The third-order valence-electron chi connectivity index (χ3n) is 6.75. The van der Waals surface area contributed by atoms with Crippen LogP contribution in [0.2, 0.25) is 0 Å². The number of benzene rings is 2. The van der Waals surface area contributed by atoms with Crippen LogP contribution in [0.5, 0.6) is 0 Å². The van der Waals surface area contributed by atoms with Crippen LogP contribution in [0.4, 0.5) is 5.69 Å². The molecule has 2 aromatic rings. The van der Waals surface area contributed by atoms with Crippen molar-refractivity contribution in [2.45, 2.75) is 50.1 Å². The van der Waals surface area contributed by atoms with Crippen molar-refractivity contribution in [2.75, 3.05) is 30.7 Å². The Labute approximate surface area is 180 Å². The first kappa shape index (κ1) is 21.3. The van der Waals surface area contributed by atoms with Crippen molar-refractivity contribution in [3.05, 3.63) is 65.7 Å². The second-order valence-corrected chi connectivity index (χ2v) is 10.6. The van der Waals surface area contributed by atoms with Crippen molar-refractivity contribution in [1.29, 1.82) is 0 Å². The standard InChI is InChI=1S/C24H32N2O3S/c1-29-15-16-30(27,28)25-22-10-5-9-21(17-22)24-12-6-11-23(18-24)26(14-13-24)19-20-7-3-2-4-8-20/h2-5,7-10,17,23,25H,6,11-16,18-19H2,1H3. The number of ether oxygens (including phenoxy) is 1. The number of hydrogen-bond acceptors (Lipinski definition) is 4. The van der Waals surface area contributed by atoms with Crippen molar-refractivity contribution < 1.29 is 13.2 Å². The van der Waals surface area contributed by atoms with Gasteiger partial charge in [0.25, 0.3) is 0 Å². The molecule has 1 N–H and O–H groups in total. The highest BCUT2D eigenvalue weighted by Gasteiger charge is 2.43. The number of likely N-dealkylation sites (tertiary alicyclic amines) is 1. The van der Waals surface area contributed by atoms with Gasteiger partial charge < -0.3 is 4.74 Å². The summed E-state index contributed by atoms with van der Waals surface area (Å²) in [4.78, 5) is 2.64. The predicted molar refractivity (Wildman–Crippen MR) is 121 cm³/mol. The minimum atomic E-state index is -3.39. The van der Waals surface area contributed by atoms with Gasteiger partial charge >= 0.3 is 0 Å². The summed E-state index contributed by atoms with van der Waals surface area (Å²) in [5.41, 5.74) is 3.47. The van der Waals surface area contributed by atoms with E-state index in [4.69, 9.17) is 4.74 Å². The highest BCUT2D eigenvalue weighted by atomic mass is 32.2. The Bertz CT molecular complexity index is 948. The van der Waals surface area contributed by atoms with E-state index >= 15 is 0 Å². The first-order chi connectivity index (χ1) is 14.5. The molecule has 6 heteroatoms. The lowest BCUT2D eigenvalue weighted by molar-refractivity contribution is 0.0459. The number of nitrogens with zero attached hydrogens (tertiary/aromatic N) is 1. The molecule has 1 aliphatic heterocycles. The molecule has 162 valence electrons. The molecule has 0 aromatic heterocycles. The van der Waals surface area contributed by atoms with E-state index in [2.05, 4.69) is 52.1 Å². The van der Waals surface area contributed by atoms with Gasteiger partial charge in [-0.15, -0.1) is 0 Å². The van der Waals surface area contributed by atoms with E-state index in [1.807, 2.05) is 12.1 Å². The molecule has 2 aliphatic rings. The first-order valence-electron chi connectivity index (χ1n) is 10.9. The Hall–Kier alpha value is -1.89. The molecule has 0 radical (unpaired) electrons. The van der Waals surface area contributed by atoms with Crippen LogP contribution >= 0.6 is 0 Å². The molecule has 5 nitrogen and oxygen atoms in total. The second kappa shape index (κ2) is 9.08. The molecule has 2 aromatic carbocycles. The van der Waals surface area contributed by atoms with Gasteiger partial charge in [0.2, 0.25) is 10.0 Å². The molecular weight excluding hydrogens is 396 g/mol. The molecule has 1 heterocycles. The third kappa shape index (κ3) is 4.88. The SMILES string of the molecule is COCCS(=O)(=O)Nc1cccc(C23CCCC(C2)N(Cc2ccccc2)CC3)c1. The Morgan fingerprint density at radius 1 is 1.13 bits per heavy atom. The molecular formula is C24H32N2O3S. The molecule has 1 saturated carbocycles. The molecule has 0 spiro atoms. The number of anilines is 1. The Balaban J connectivity index is 1.49. The summed E-state index contributed by atoms with van der Waals surface area (Å²) in [5, 5.41) is 0. The maximum atomic E-state index is 12.3. The van der Waals surface area contributed by atoms with Gasteiger partial charge in [0, 0.05) is 25.4 Å². The van der Waals surface area contributed by atoms with Gasteiger partial charge in [-0.05, 0) is 60.9 Å². The number of sulfonamides is 1. The first-order valence-corrected chi connectivity index (χ1v) is 12.5. The van der Waals surface area contributed by atoms with Crippen LogP contribution in [0.3, 0.4) is 0 Å². The van der Waals surface area contributed by atoms with Crippen molar-refractivity contribution in [3.63, 3.8) is 0 Å². The summed E-state index contributed by atoms with van der Waals surface area (Å²) in [5.74, 6) is -0.0324. The topological polar surface area (TPSA) is 58.6 Å². The summed E-state index contributed by atoms with van der Waals surface area (Å²) in [6, 6.07) is 19.4. The van der Waals surface area contributed by atoms with Gasteiger partial charge in [-0.1, -0.05) is 48.9 Å². The zero-order valence-corrected chi connectivity index (χ0v) is 18.5. The number of methoxy groups -OCH3 is 1. The Morgan fingerprint density at radius 3 is 2.77 bits per heavy atom. The van der Waals surface area contributed by atoms with Gasteiger partial charge in [-0.2, -0.15) is 0 Å². The Morgan fingerprint density at radius 2 is 1.97 bits per heavy atom. The van der Waals surface area contributed by atoms with E-state index in [1.54, 1.807) is 0 Å². The smallest absolute Gasteiger partial charge is 0.234 e. The van der Waals surface area contributed by atoms with Gasteiger partial charge in [0.15, 0.2) is 0 Å². The largest absolute Gasteiger partial charge is 0.384 e. The second-order valence-electron chi connectivity index (χ2n) is 8.73. The van der Waals surface area contributed by atoms with Crippen molar-refractivity contribution in [2.24, 2.45) is 0 Å². The van der Waals surface area contributed by atoms with Crippen molar-refractivity contribution in [1.82, 2.24) is 4.90 Å². The minimum Gasteiger partial charge on any atom is -0.384 e. The number of piperidine rings is 1. The third-order valence-corrected chi connectivity index (χ3v) is 8.00. The molecule has 1 saturated heterocycles. The lowest BCUT2D eigenvalue weighted by Crippen LogP contribution is -2.51. The van der Waals surface area contributed by atoms with Crippen LogP contribution in [-0.2, 0) is 26.7 Å². The number of fused-ring (bicyclic) bond motifs is 2. The van der Waals surface area contributed by atoms with E-state index in [9.17, 15) is 8.42 Å². The fourth-order valence-corrected chi connectivity index (χ4v) is 6.15. The average molecular weight is 429 g/mol. The highest BCUT2D eigenvalue weighted by Crippen LogP contribution is 2.47. The molecule has 2 fully saturated rings. The maximum absolute atomic E-state index is 12.3. The van der Waals surface area contributed by atoms with Crippen LogP contribution in [-0.4, -0.2) is 45.4 Å². The van der Waals surface area contributed by atoms with Crippen LogP contribution in [0.15, 0.2) is 54.6 Å². The highest BCUT2D eigenvalue weighted by molar-refractivity contribution is 7.92. The summed E-state index contributed by atoms with van der Waals surface area (Å²) in [6.45, 7) is 2.29. The summed E-state index contributed by atoms with van der Waals surface area (Å²) in [6.07, 6.45) is 5.93. The van der Waals surface area contributed by atoms with E-state index in [-0.39, 0.29) is 17.8 Å².